The number of hydrogen-bond donors (Lipinski definition) is 2. The van der Waals surface area contributed by atoms with E-state index in [4.69, 9.17) is 0 Å². The van der Waals surface area contributed by atoms with Crippen molar-refractivity contribution in [1.82, 2.24) is 20.1 Å². The van der Waals surface area contributed by atoms with Crippen molar-refractivity contribution in [2.24, 2.45) is 0 Å². The lowest BCUT2D eigenvalue weighted by Crippen LogP contribution is -2.21. The van der Waals surface area contributed by atoms with E-state index in [2.05, 4.69) is 22.0 Å². The normalized spacial score (nSPS) is 11.0. The number of H-pyrrole nitrogens is 1. The van der Waals surface area contributed by atoms with Crippen molar-refractivity contribution in [3.8, 4) is 5.69 Å². The zero-order valence-electron chi connectivity index (χ0n) is 12.8. The number of nitrogens with one attached hydrogen (secondary N) is 2. The molecule has 0 spiro atoms. The van der Waals surface area contributed by atoms with Gasteiger partial charge in [-0.1, -0.05) is 6.08 Å². The maximum absolute atomic E-state index is 13.1. The second-order valence-electron chi connectivity index (χ2n) is 5.28. The monoisotopic (exact) mass is 312 g/mol. The maximum Gasteiger partial charge on any atom is 0.254 e. The van der Waals surface area contributed by atoms with E-state index in [1.807, 2.05) is 13.0 Å². The van der Waals surface area contributed by atoms with E-state index in [0.29, 0.717) is 30.0 Å². The van der Waals surface area contributed by atoms with Crippen LogP contribution in [0.3, 0.4) is 0 Å². The second-order valence-corrected chi connectivity index (χ2v) is 5.28. The van der Waals surface area contributed by atoms with Crippen molar-refractivity contribution >= 4 is 11.0 Å². The summed E-state index contributed by atoms with van der Waals surface area (Å²) in [6.45, 7) is 6.60. The molecule has 0 aliphatic carbocycles. The molecular formula is C17H17FN4O. The number of halogens is 1. The average molecular weight is 312 g/mol. The van der Waals surface area contributed by atoms with Crippen molar-refractivity contribution in [1.29, 1.82) is 0 Å². The van der Waals surface area contributed by atoms with Crippen LogP contribution in [0.5, 0.6) is 0 Å². The van der Waals surface area contributed by atoms with Crippen LogP contribution in [-0.4, -0.2) is 21.3 Å². The molecule has 0 atom stereocenters. The number of nitrogens with zero attached hydrogens (tertiary/aromatic N) is 2. The van der Waals surface area contributed by atoms with E-state index in [9.17, 15) is 9.18 Å². The average Bonchev–Trinajstić information content (AvgIpc) is 2.85. The van der Waals surface area contributed by atoms with Crippen LogP contribution < -0.4 is 10.9 Å². The molecule has 3 aromatic rings. The second kappa shape index (κ2) is 6.18. The van der Waals surface area contributed by atoms with E-state index in [0.717, 1.165) is 11.1 Å². The largest absolute Gasteiger partial charge is 0.309 e. The summed E-state index contributed by atoms with van der Waals surface area (Å²) in [7, 11) is 0. The van der Waals surface area contributed by atoms with Crippen LogP contribution in [0.1, 0.15) is 11.3 Å². The Kier molecular flexibility index (Phi) is 4.08. The molecule has 0 saturated carbocycles. The van der Waals surface area contributed by atoms with Crippen LogP contribution >= 0.6 is 0 Å². The highest BCUT2D eigenvalue weighted by atomic mass is 19.1. The van der Waals surface area contributed by atoms with Gasteiger partial charge in [0.05, 0.1) is 11.4 Å². The Morgan fingerprint density at radius 2 is 2.13 bits per heavy atom. The summed E-state index contributed by atoms with van der Waals surface area (Å²) >= 11 is 0. The number of fused-ring (bicyclic) bond motifs is 1. The summed E-state index contributed by atoms with van der Waals surface area (Å²) in [6, 6.07) is 7.82. The molecule has 0 aliphatic heterocycles. The Morgan fingerprint density at radius 1 is 1.39 bits per heavy atom. The molecule has 2 N–H and O–H groups in total. The predicted molar refractivity (Wildman–Crippen MR) is 88.3 cm³/mol. The van der Waals surface area contributed by atoms with Gasteiger partial charge in [-0.3, -0.25) is 4.79 Å². The first-order chi connectivity index (χ1) is 11.1. The molecule has 6 heteroatoms. The molecule has 3 rings (SSSR count). The lowest BCUT2D eigenvalue weighted by atomic mass is 10.2. The van der Waals surface area contributed by atoms with Crippen LogP contribution in [0.25, 0.3) is 16.7 Å². The molecule has 0 fully saturated rings. The third-order valence-corrected chi connectivity index (χ3v) is 3.62. The minimum absolute atomic E-state index is 0.169. The molecular weight excluding hydrogens is 295 g/mol. The first kappa shape index (κ1) is 15.2. The minimum Gasteiger partial charge on any atom is -0.309 e. The SMILES string of the molecule is C=CCNCc1cc2c(C)nn(-c3ccc(F)cc3)c2[nH]c1=O. The van der Waals surface area contributed by atoms with Gasteiger partial charge in [0, 0.05) is 24.0 Å². The highest BCUT2D eigenvalue weighted by molar-refractivity contribution is 5.80. The van der Waals surface area contributed by atoms with Crippen LogP contribution in [0.15, 0.2) is 47.8 Å². The van der Waals surface area contributed by atoms with Gasteiger partial charge >= 0.3 is 0 Å². The maximum atomic E-state index is 13.1. The van der Waals surface area contributed by atoms with Gasteiger partial charge in [-0.05, 0) is 37.3 Å². The minimum atomic E-state index is -0.314. The molecule has 5 nitrogen and oxygen atoms in total. The summed E-state index contributed by atoms with van der Waals surface area (Å²) in [5.41, 5.74) is 2.56. The third-order valence-electron chi connectivity index (χ3n) is 3.62. The Morgan fingerprint density at radius 3 is 2.83 bits per heavy atom. The summed E-state index contributed by atoms with van der Waals surface area (Å²) in [6.07, 6.45) is 1.74. The standard InChI is InChI=1S/C17H17FN4O/c1-3-8-19-10-12-9-15-11(2)21-22(16(15)20-17(12)23)14-6-4-13(18)5-7-14/h3-7,9,19H,1,8,10H2,2H3,(H,20,23). The van der Waals surface area contributed by atoms with Crippen LogP contribution in [0, 0.1) is 12.7 Å². The number of aromatic nitrogens is 3. The Balaban J connectivity index is 2.08. The van der Waals surface area contributed by atoms with E-state index < -0.39 is 0 Å². The molecule has 118 valence electrons. The van der Waals surface area contributed by atoms with Crippen molar-refractivity contribution in [2.45, 2.75) is 13.5 Å². The number of aryl methyl sites for hydroxylation is 1. The van der Waals surface area contributed by atoms with E-state index in [-0.39, 0.29) is 11.4 Å². The Bertz CT molecular complexity index is 909. The molecule has 2 aromatic heterocycles. The number of pyridine rings is 1. The quantitative estimate of drug-likeness (QED) is 0.562. The topological polar surface area (TPSA) is 62.7 Å². The van der Waals surface area contributed by atoms with Gasteiger partial charge in [0.2, 0.25) is 0 Å². The summed E-state index contributed by atoms with van der Waals surface area (Å²) in [4.78, 5) is 15.1. The number of benzene rings is 1. The van der Waals surface area contributed by atoms with Gasteiger partial charge in [0.15, 0.2) is 0 Å². The number of aromatic amines is 1. The molecule has 0 saturated heterocycles. The summed E-state index contributed by atoms with van der Waals surface area (Å²) in [5.74, 6) is -0.314. The molecule has 0 radical (unpaired) electrons. The molecule has 0 aliphatic rings. The Hall–Kier alpha value is -2.73. The smallest absolute Gasteiger partial charge is 0.254 e. The fourth-order valence-corrected chi connectivity index (χ4v) is 2.47. The molecule has 0 amide bonds. The van der Waals surface area contributed by atoms with Crippen molar-refractivity contribution in [3.05, 3.63) is 70.4 Å². The van der Waals surface area contributed by atoms with E-state index in [1.165, 1.54) is 12.1 Å². The van der Waals surface area contributed by atoms with Crippen LogP contribution in [0.2, 0.25) is 0 Å². The number of hydrogen-bond acceptors (Lipinski definition) is 3. The zero-order chi connectivity index (χ0) is 16.4. The molecule has 1 aromatic carbocycles. The molecule has 0 bridgehead atoms. The lowest BCUT2D eigenvalue weighted by Gasteiger charge is -2.05. The Labute approximate surface area is 132 Å². The van der Waals surface area contributed by atoms with Gasteiger partial charge in [0.25, 0.3) is 5.56 Å². The molecule has 2 heterocycles. The fourth-order valence-electron chi connectivity index (χ4n) is 2.47. The van der Waals surface area contributed by atoms with Crippen molar-refractivity contribution in [3.63, 3.8) is 0 Å². The zero-order valence-corrected chi connectivity index (χ0v) is 12.8. The van der Waals surface area contributed by atoms with Crippen LogP contribution in [0.4, 0.5) is 4.39 Å². The van der Waals surface area contributed by atoms with E-state index >= 15 is 0 Å². The van der Waals surface area contributed by atoms with Gasteiger partial charge < -0.3 is 10.3 Å². The van der Waals surface area contributed by atoms with Gasteiger partial charge in [-0.15, -0.1) is 6.58 Å². The molecule has 23 heavy (non-hydrogen) atoms. The first-order valence-corrected chi connectivity index (χ1v) is 7.29. The summed E-state index contributed by atoms with van der Waals surface area (Å²) < 4.78 is 14.7. The van der Waals surface area contributed by atoms with Crippen molar-refractivity contribution < 1.29 is 4.39 Å². The lowest BCUT2D eigenvalue weighted by molar-refractivity contribution is 0.627. The third kappa shape index (κ3) is 2.93. The van der Waals surface area contributed by atoms with Gasteiger partial charge in [-0.2, -0.15) is 5.10 Å². The number of rotatable bonds is 5. The highest BCUT2D eigenvalue weighted by Gasteiger charge is 2.12. The van der Waals surface area contributed by atoms with Crippen LogP contribution in [-0.2, 0) is 6.54 Å². The van der Waals surface area contributed by atoms with E-state index in [1.54, 1.807) is 22.9 Å². The summed E-state index contributed by atoms with van der Waals surface area (Å²) in [5, 5.41) is 8.44. The fraction of sp³-hybridized carbons (Fsp3) is 0.176. The van der Waals surface area contributed by atoms with Crippen molar-refractivity contribution in [2.75, 3.05) is 6.54 Å². The molecule has 0 unspecified atom stereocenters. The van der Waals surface area contributed by atoms with Gasteiger partial charge in [0.1, 0.15) is 11.5 Å². The first-order valence-electron chi connectivity index (χ1n) is 7.29. The predicted octanol–water partition coefficient (Wildman–Crippen LogP) is 2.44. The van der Waals surface area contributed by atoms with Gasteiger partial charge in [-0.25, -0.2) is 9.07 Å². The highest BCUT2D eigenvalue weighted by Crippen LogP contribution is 2.20.